The predicted molar refractivity (Wildman–Crippen MR) is 105 cm³/mol. The number of hydrogen-bond donors (Lipinski definition) is 0. The van der Waals surface area contributed by atoms with E-state index < -0.39 is 0 Å². The Morgan fingerprint density at radius 1 is 0.621 bits per heavy atom. The van der Waals surface area contributed by atoms with Crippen molar-refractivity contribution in [2.45, 2.75) is 65.2 Å². The number of esters is 2. The Morgan fingerprint density at radius 3 is 1.38 bits per heavy atom. The number of ketones is 2. The van der Waals surface area contributed by atoms with E-state index in [1.807, 2.05) is 0 Å². The fourth-order valence-corrected chi connectivity index (χ4v) is 4.29. The standard InChI is InChI=1S/C22H34O7/c1-15(23)17-5-3-7-19(13-17)21(25)28-11-9-27-10-12-29-22(26)20-8-4-6-18(14-20)16(2)24/h17-20H,3-14H2,1-2H3/t17-,18+,19+,20-. The minimum atomic E-state index is -0.261. The van der Waals surface area contributed by atoms with Crippen LogP contribution in [0, 0.1) is 23.7 Å². The molecule has 0 bridgehead atoms. The van der Waals surface area contributed by atoms with Crippen molar-refractivity contribution >= 4 is 23.5 Å². The summed E-state index contributed by atoms with van der Waals surface area (Å²) in [5.74, 6) is -0.687. The number of carbonyl (C=O) groups is 4. The van der Waals surface area contributed by atoms with E-state index in [-0.39, 0.29) is 73.6 Å². The topological polar surface area (TPSA) is 96.0 Å². The second-order valence-electron chi connectivity index (χ2n) is 8.29. The van der Waals surface area contributed by atoms with Gasteiger partial charge in [0.1, 0.15) is 24.8 Å². The molecule has 0 aromatic carbocycles. The predicted octanol–water partition coefficient (Wildman–Crippen LogP) is 2.88. The van der Waals surface area contributed by atoms with E-state index in [1.165, 1.54) is 0 Å². The van der Waals surface area contributed by atoms with Crippen LogP contribution in [0.5, 0.6) is 0 Å². The van der Waals surface area contributed by atoms with Gasteiger partial charge in [0.05, 0.1) is 25.0 Å². The smallest absolute Gasteiger partial charge is 0.309 e. The van der Waals surface area contributed by atoms with Crippen molar-refractivity contribution in [3.05, 3.63) is 0 Å². The zero-order chi connectivity index (χ0) is 21.2. The van der Waals surface area contributed by atoms with Crippen LogP contribution in [0.25, 0.3) is 0 Å². The first-order chi connectivity index (χ1) is 13.9. The van der Waals surface area contributed by atoms with E-state index in [0.29, 0.717) is 12.8 Å². The van der Waals surface area contributed by atoms with E-state index in [1.54, 1.807) is 13.8 Å². The summed E-state index contributed by atoms with van der Waals surface area (Å²) in [4.78, 5) is 47.2. The van der Waals surface area contributed by atoms with Crippen LogP contribution in [0.15, 0.2) is 0 Å². The van der Waals surface area contributed by atoms with Gasteiger partial charge in [-0.05, 0) is 52.4 Å². The molecule has 2 aliphatic carbocycles. The first-order valence-electron chi connectivity index (χ1n) is 10.8. The zero-order valence-electron chi connectivity index (χ0n) is 17.7. The summed E-state index contributed by atoms with van der Waals surface area (Å²) in [7, 11) is 0. The van der Waals surface area contributed by atoms with Gasteiger partial charge in [0, 0.05) is 11.8 Å². The van der Waals surface area contributed by atoms with Crippen molar-refractivity contribution in [3.63, 3.8) is 0 Å². The van der Waals surface area contributed by atoms with Gasteiger partial charge in [-0.1, -0.05) is 12.8 Å². The Labute approximate surface area is 172 Å². The van der Waals surface area contributed by atoms with Gasteiger partial charge in [0.2, 0.25) is 0 Å². The van der Waals surface area contributed by atoms with Crippen LogP contribution in [0.3, 0.4) is 0 Å². The largest absolute Gasteiger partial charge is 0.463 e. The maximum absolute atomic E-state index is 12.1. The molecule has 2 aliphatic rings. The first-order valence-corrected chi connectivity index (χ1v) is 10.8. The lowest BCUT2D eigenvalue weighted by Gasteiger charge is -2.26. The molecule has 2 saturated carbocycles. The Morgan fingerprint density at radius 2 is 1.00 bits per heavy atom. The molecule has 0 aliphatic heterocycles. The van der Waals surface area contributed by atoms with E-state index in [4.69, 9.17) is 14.2 Å². The molecule has 2 rings (SSSR count). The molecular formula is C22H34O7. The highest BCUT2D eigenvalue weighted by molar-refractivity contribution is 5.80. The minimum absolute atomic E-state index is 0.0258. The fourth-order valence-electron chi connectivity index (χ4n) is 4.29. The highest BCUT2D eigenvalue weighted by atomic mass is 16.6. The molecule has 4 atom stereocenters. The molecule has 0 amide bonds. The summed E-state index contributed by atoms with van der Waals surface area (Å²) in [6.45, 7) is 3.93. The molecule has 0 heterocycles. The summed E-state index contributed by atoms with van der Waals surface area (Å²) in [6.07, 6.45) is 6.16. The molecule has 0 aromatic rings. The van der Waals surface area contributed by atoms with Crippen molar-refractivity contribution < 1.29 is 33.4 Å². The maximum atomic E-state index is 12.1. The Balaban J connectivity index is 1.52. The summed E-state index contributed by atoms with van der Waals surface area (Å²) < 4.78 is 15.9. The monoisotopic (exact) mass is 410 g/mol. The average molecular weight is 411 g/mol. The van der Waals surface area contributed by atoms with Crippen LogP contribution in [0.4, 0.5) is 0 Å². The highest BCUT2D eigenvalue weighted by Crippen LogP contribution is 2.31. The number of Topliss-reactive ketones (excluding diaryl/α,β-unsaturated/α-hetero) is 2. The number of hydrogen-bond acceptors (Lipinski definition) is 7. The van der Waals surface area contributed by atoms with Crippen LogP contribution in [0.1, 0.15) is 65.2 Å². The summed E-state index contributed by atoms with van der Waals surface area (Å²) >= 11 is 0. The van der Waals surface area contributed by atoms with Gasteiger partial charge in [0.25, 0.3) is 0 Å². The third kappa shape index (κ3) is 7.88. The first kappa shape index (κ1) is 23.5. The van der Waals surface area contributed by atoms with Crippen molar-refractivity contribution in [2.24, 2.45) is 23.7 Å². The van der Waals surface area contributed by atoms with Gasteiger partial charge in [-0.15, -0.1) is 0 Å². The molecular weight excluding hydrogens is 376 g/mol. The molecule has 164 valence electrons. The highest BCUT2D eigenvalue weighted by Gasteiger charge is 2.31. The lowest BCUT2D eigenvalue weighted by molar-refractivity contribution is -0.153. The lowest BCUT2D eigenvalue weighted by atomic mass is 9.80. The number of carbonyl (C=O) groups excluding carboxylic acids is 4. The van der Waals surface area contributed by atoms with Crippen LogP contribution in [0.2, 0.25) is 0 Å². The zero-order valence-corrected chi connectivity index (χ0v) is 17.7. The summed E-state index contributed by atoms with van der Waals surface area (Å²) in [6, 6.07) is 0. The van der Waals surface area contributed by atoms with E-state index in [2.05, 4.69) is 0 Å². The number of rotatable bonds is 10. The van der Waals surface area contributed by atoms with Crippen LogP contribution >= 0.6 is 0 Å². The third-order valence-electron chi connectivity index (χ3n) is 6.11. The van der Waals surface area contributed by atoms with Gasteiger partial charge in [-0.2, -0.15) is 0 Å². The van der Waals surface area contributed by atoms with Gasteiger partial charge < -0.3 is 14.2 Å². The average Bonchev–Trinajstić information content (AvgIpc) is 2.72. The van der Waals surface area contributed by atoms with E-state index in [9.17, 15) is 19.2 Å². The Hall–Kier alpha value is -1.76. The molecule has 0 unspecified atom stereocenters. The van der Waals surface area contributed by atoms with Crippen molar-refractivity contribution in [1.29, 1.82) is 0 Å². The summed E-state index contributed by atoms with van der Waals surface area (Å²) in [5, 5.41) is 0. The quantitative estimate of drug-likeness (QED) is 0.403. The van der Waals surface area contributed by atoms with Gasteiger partial charge >= 0.3 is 11.9 Å². The molecule has 29 heavy (non-hydrogen) atoms. The second-order valence-corrected chi connectivity index (χ2v) is 8.29. The molecule has 0 spiro atoms. The Kier molecular flexibility index (Phi) is 9.78. The Bertz CT molecular complexity index is 536. The molecule has 7 nitrogen and oxygen atoms in total. The second kappa shape index (κ2) is 12.1. The molecule has 0 aromatic heterocycles. The maximum Gasteiger partial charge on any atom is 0.309 e. The fraction of sp³-hybridized carbons (Fsp3) is 0.818. The van der Waals surface area contributed by atoms with Crippen molar-refractivity contribution in [2.75, 3.05) is 26.4 Å². The molecule has 0 N–H and O–H groups in total. The van der Waals surface area contributed by atoms with Gasteiger partial charge in [-0.3, -0.25) is 19.2 Å². The summed E-state index contributed by atoms with van der Waals surface area (Å²) in [5.41, 5.74) is 0. The molecule has 7 heteroatoms. The SMILES string of the molecule is CC(=O)[C@@H]1CCC[C@H](C(=O)OCCOCCOC(=O)[C@@H]2CCC[C@H](C(C)=O)C2)C1. The van der Waals surface area contributed by atoms with Gasteiger partial charge in [0.15, 0.2) is 0 Å². The van der Waals surface area contributed by atoms with E-state index in [0.717, 1.165) is 38.5 Å². The van der Waals surface area contributed by atoms with Crippen LogP contribution < -0.4 is 0 Å². The minimum Gasteiger partial charge on any atom is -0.463 e. The van der Waals surface area contributed by atoms with Crippen molar-refractivity contribution in [3.8, 4) is 0 Å². The normalized spacial score (nSPS) is 27.1. The van der Waals surface area contributed by atoms with Crippen molar-refractivity contribution in [1.82, 2.24) is 0 Å². The van der Waals surface area contributed by atoms with E-state index >= 15 is 0 Å². The molecule has 0 saturated heterocycles. The number of ether oxygens (including phenoxy) is 3. The third-order valence-corrected chi connectivity index (χ3v) is 6.11. The van der Waals surface area contributed by atoms with Gasteiger partial charge in [-0.25, -0.2) is 0 Å². The van der Waals surface area contributed by atoms with Crippen LogP contribution in [-0.4, -0.2) is 49.9 Å². The molecule has 0 radical (unpaired) electrons. The lowest BCUT2D eigenvalue weighted by Crippen LogP contribution is -2.29. The van der Waals surface area contributed by atoms with Crippen LogP contribution in [-0.2, 0) is 33.4 Å². The molecule has 2 fully saturated rings.